The quantitative estimate of drug-likeness (QED) is 0.489. The van der Waals surface area contributed by atoms with Gasteiger partial charge in [-0.15, -0.1) is 0 Å². The van der Waals surface area contributed by atoms with E-state index in [9.17, 15) is 9.59 Å². The molecule has 1 aliphatic rings. The van der Waals surface area contributed by atoms with Crippen molar-refractivity contribution in [1.82, 2.24) is 4.98 Å². The Balaban J connectivity index is 1.52. The Labute approximate surface area is 176 Å². The molecular formula is C25H26N2O3. The summed E-state index contributed by atoms with van der Waals surface area (Å²) in [6.45, 7) is 1.76. The van der Waals surface area contributed by atoms with Crippen LogP contribution in [0, 0.1) is 0 Å². The molecule has 5 heteroatoms. The monoisotopic (exact) mass is 402 g/mol. The number of carbonyl (C=O) groups is 2. The SMILES string of the molecule is CCc1ccc(NC(=O)COC(=O)c2c3c(nc4ccccc24)CCCCC3)cc1. The summed E-state index contributed by atoms with van der Waals surface area (Å²) < 4.78 is 5.44. The second kappa shape index (κ2) is 9.08. The third kappa shape index (κ3) is 4.35. The molecule has 0 saturated heterocycles. The lowest BCUT2D eigenvalue weighted by molar-refractivity contribution is -0.119. The first-order chi connectivity index (χ1) is 14.7. The van der Waals surface area contributed by atoms with E-state index >= 15 is 0 Å². The van der Waals surface area contributed by atoms with Crippen molar-refractivity contribution in [2.45, 2.75) is 45.4 Å². The Bertz CT molecular complexity index is 1070. The van der Waals surface area contributed by atoms with Crippen molar-refractivity contribution in [3.05, 3.63) is 70.9 Å². The van der Waals surface area contributed by atoms with Crippen molar-refractivity contribution < 1.29 is 14.3 Å². The highest BCUT2D eigenvalue weighted by Crippen LogP contribution is 2.29. The fraction of sp³-hybridized carbons (Fsp3) is 0.320. The van der Waals surface area contributed by atoms with Gasteiger partial charge >= 0.3 is 5.97 Å². The van der Waals surface area contributed by atoms with Crippen LogP contribution in [-0.4, -0.2) is 23.5 Å². The summed E-state index contributed by atoms with van der Waals surface area (Å²) in [6, 6.07) is 15.3. The van der Waals surface area contributed by atoms with Crippen LogP contribution in [0.25, 0.3) is 10.9 Å². The fourth-order valence-corrected chi connectivity index (χ4v) is 4.01. The molecular weight excluding hydrogens is 376 g/mol. The van der Waals surface area contributed by atoms with E-state index in [0.717, 1.165) is 60.7 Å². The molecule has 1 aromatic heterocycles. The number of nitrogens with zero attached hydrogens (tertiary/aromatic N) is 1. The number of nitrogens with one attached hydrogen (secondary N) is 1. The molecule has 1 heterocycles. The van der Waals surface area contributed by atoms with Crippen LogP contribution in [-0.2, 0) is 28.8 Å². The molecule has 154 valence electrons. The first-order valence-corrected chi connectivity index (χ1v) is 10.6. The number of pyridine rings is 1. The predicted molar refractivity (Wildman–Crippen MR) is 118 cm³/mol. The molecule has 0 spiro atoms. The van der Waals surface area contributed by atoms with Gasteiger partial charge in [-0.1, -0.05) is 43.7 Å². The molecule has 0 unspecified atom stereocenters. The number of esters is 1. The molecule has 2 aromatic carbocycles. The van der Waals surface area contributed by atoms with E-state index in [4.69, 9.17) is 9.72 Å². The number of para-hydroxylation sites is 1. The van der Waals surface area contributed by atoms with Crippen LogP contribution in [0.4, 0.5) is 5.69 Å². The van der Waals surface area contributed by atoms with Crippen LogP contribution in [0.15, 0.2) is 48.5 Å². The Morgan fingerprint density at radius 2 is 1.77 bits per heavy atom. The van der Waals surface area contributed by atoms with Crippen LogP contribution in [0.2, 0.25) is 0 Å². The average Bonchev–Trinajstić information content (AvgIpc) is 3.01. The summed E-state index contributed by atoms with van der Waals surface area (Å²) in [6.07, 6.45) is 5.85. The number of fused-ring (bicyclic) bond motifs is 2. The molecule has 5 nitrogen and oxygen atoms in total. The lowest BCUT2D eigenvalue weighted by Crippen LogP contribution is -2.22. The molecule has 3 aromatic rings. The largest absolute Gasteiger partial charge is 0.452 e. The summed E-state index contributed by atoms with van der Waals surface area (Å²) in [5.74, 6) is -0.805. The van der Waals surface area contributed by atoms with E-state index in [2.05, 4.69) is 12.2 Å². The Morgan fingerprint density at radius 3 is 2.57 bits per heavy atom. The smallest absolute Gasteiger partial charge is 0.339 e. The van der Waals surface area contributed by atoms with Gasteiger partial charge in [0.15, 0.2) is 6.61 Å². The summed E-state index contributed by atoms with van der Waals surface area (Å²) in [4.78, 5) is 30.2. The number of hydrogen-bond acceptors (Lipinski definition) is 4. The van der Waals surface area contributed by atoms with Crippen LogP contribution in [0.3, 0.4) is 0 Å². The van der Waals surface area contributed by atoms with Gasteiger partial charge in [-0.3, -0.25) is 9.78 Å². The number of hydrogen-bond donors (Lipinski definition) is 1. The molecule has 4 rings (SSSR count). The van der Waals surface area contributed by atoms with Gasteiger partial charge in [0.2, 0.25) is 0 Å². The minimum absolute atomic E-state index is 0.320. The highest BCUT2D eigenvalue weighted by Gasteiger charge is 2.23. The van der Waals surface area contributed by atoms with Gasteiger partial charge < -0.3 is 10.1 Å². The van der Waals surface area contributed by atoms with Crippen molar-refractivity contribution in [2.24, 2.45) is 0 Å². The topological polar surface area (TPSA) is 68.3 Å². The maximum Gasteiger partial charge on any atom is 0.339 e. The van der Waals surface area contributed by atoms with Gasteiger partial charge in [0, 0.05) is 16.8 Å². The van der Waals surface area contributed by atoms with Crippen LogP contribution < -0.4 is 5.32 Å². The zero-order chi connectivity index (χ0) is 20.9. The molecule has 1 N–H and O–H groups in total. The van der Waals surface area contributed by atoms with Gasteiger partial charge in [0.05, 0.1) is 11.1 Å². The van der Waals surface area contributed by atoms with Gasteiger partial charge in [-0.25, -0.2) is 4.79 Å². The van der Waals surface area contributed by atoms with Crippen LogP contribution in [0.5, 0.6) is 0 Å². The Morgan fingerprint density at radius 1 is 1.00 bits per heavy atom. The van der Waals surface area contributed by atoms with E-state index in [1.54, 1.807) is 0 Å². The number of benzene rings is 2. The van der Waals surface area contributed by atoms with Gasteiger partial charge in [-0.05, 0) is 61.4 Å². The highest BCUT2D eigenvalue weighted by molar-refractivity contribution is 6.06. The maximum atomic E-state index is 13.1. The molecule has 1 amide bonds. The molecule has 30 heavy (non-hydrogen) atoms. The van der Waals surface area contributed by atoms with E-state index in [1.807, 2.05) is 48.5 Å². The fourth-order valence-electron chi connectivity index (χ4n) is 4.01. The van der Waals surface area contributed by atoms with Crippen LogP contribution in [0.1, 0.15) is 53.4 Å². The second-order valence-electron chi connectivity index (χ2n) is 7.66. The predicted octanol–water partition coefficient (Wildman–Crippen LogP) is 4.86. The van der Waals surface area contributed by atoms with Gasteiger partial charge in [0.1, 0.15) is 0 Å². The first kappa shape index (κ1) is 20.1. The van der Waals surface area contributed by atoms with Crippen molar-refractivity contribution >= 4 is 28.5 Å². The number of carbonyl (C=O) groups excluding carboxylic acids is 2. The average molecular weight is 402 g/mol. The summed E-state index contributed by atoms with van der Waals surface area (Å²) in [7, 11) is 0. The minimum atomic E-state index is -0.455. The lowest BCUT2D eigenvalue weighted by atomic mass is 9.97. The number of ether oxygens (including phenoxy) is 1. The maximum absolute atomic E-state index is 13.1. The Hall–Kier alpha value is -3.21. The minimum Gasteiger partial charge on any atom is -0.452 e. The van der Waals surface area contributed by atoms with Gasteiger partial charge in [-0.2, -0.15) is 0 Å². The van der Waals surface area contributed by atoms with E-state index in [0.29, 0.717) is 11.3 Å². The second-order valence-corrected chi connectivity index (χ2v) is 7.66. The molecule has 0 bridgehead atoms. The third-order valence-corrected chi connectivity index (χ3v) is 5.60. The highest BCUT2D eigenvalue weighted by atomic mass is 16.5. The standard InChI is InChI=1S/C25H26N2O3/c1-2-17-12-14-18(15-13-17)26-23(28)16-30-25(29)24-19-8-4-3-5-10-21(19)27-22-11-7-6-9-20(22)24/h6-7,9,11-15H,2-5,8,10,16H2,1H3,(H,26,28). The Kier molecular flexibility index (Phi) is 6.07. The first-order valence-electron chi connectivity index (χ1n) is 10.6. The zero-order valence-corrected chi connectivity index (χ0v) is 17.2. The van der Waals surface area contributed by atoms with Crippen LogP contribution >= 0.6 is 0 Å². The summed E-state index contributed by atoms with van der Waals surface area (Å²) >= 11 is 0. The lowest BCUT2D eigenvalue weighted by Gasteiger charge is -2.15. The molecule has 0 aliphatic heterocycles. The zero-order valence-electron chi connectivity index (χ0n) is 17.2. The molecule has 0 fully saturated rings. The van der Waals surface area contributed by atoms with Gasteiger partial charge in [0.25, 0.3) is 5.91 Å². The van der Waals surface area contributed by atoms with Crippen molar-refractivity contribution in [1.29, 1.82) is 0 Å². The van der Waals surface area contributed by atoms with E-state index < -0.39 is 5.97 Å². The van der Waals surface area contributed by atoms with E-state index in [1.165, 1.54) is 5.56 Å². The number of anilines is 1. The molecule has 0 radical (unpaired) electrons. The number of amides is 1. The summed E-state index contributed by atoms with van der Waals surface area (Å²) in [5.41, 5.74) is 5.22. The van der Waals surface area contributed by atoms with E-state index in [-0.39, 0.29) is 12.5 Å². The third-order valence-electron chi connectivity index (χ3n) is 5.60. The summed E-state index contributed by atoms with van der Waals surface area (Å²) in [5, 5.41) is 3.57. The molecule has 0 saturated carbocycles. The molecule has 0 atom stereocenters. The number of rotatable bonds is 5. The normalized spacial score (nSPS) is 13.4. The van der Waals surface area contributed by atoms with Crippen molar-refractivity contribution in [3.8, 4) is 0 Å². The van der Waals surface area contributed by atoms with Crippen molar-refractivity contribution in [2.75, 3.05) is 11.9 Å². The number of aromatic nitrogens is 1. The van der Waals surface area contributed by atoms with Crippen molar-refractivity contribution in [3.63, 3.8) is 0 Å². The number of aryl methyl sites for hydroxylation is 2. The molecule has 1 aliphatic carbocycles.